The van der Waals surface area contributed by atoms with E-state index in [0.717, 1.165) is 4.88 Å². The first kappa shape index (κ1) is 11.6. The highest BCUT2D eigenvalue weighted by Crippen LogP contribution is 2.40. The molecule has 0 saturated carbocycles. The second-order valence-corrected chi connectivity index (χ2v) is 5.91. The molecule has 1 aromatic heterocycles. The van der Waals surface area contributed by atoms with E-state index in [2.05, 4.69) is 33.4 Å². The summed E-state index contributed by atoms with van der Waals surface area (Å²) in [5.74, 6) is -0.865. The second kappa shape index (κ2) is 3.95. The summed E-state index contributed by atoms with van der Waals surface area (Å²) in [4.78, 5) is 12.1. The van der Waals surface area contributed by atoms with E-state index in [1.54, 1.807) is 6.07 Å². The molecule has 0 spiro atoms. The van der Waals surface area contributed by atoms with Gasteiger partial charge in [0, 0.05) is 10.1 Å². The summed E-state index contributed by atoms with van der Waals surface area (Å²) in [5, 5.41) is 8.85. The van der Waals surface area contributed by atoms with E-state index in [0.29, 0.717) is 4.88 Å². The molecular weight excluding hydrogens is 216 g/mol. The Morgan fingerprint density at radius 1 is 1.50 bits per heavy atom. The zero-order valence-electron chi connectivity index (χ0n) is 8.44. The van der Waals surface area contributed by atoms with Gasteiger partial charge in [0.05, 0.1) is 0 Å². The molecule has 0 aliphatic carbocycles. The monoisotopic (exact) mass is 230 g/mol. The van der Waals surface area contributed by atoms with Gasteiger partial charge in [-0.1, -0.05) is 20.8 Å². The third-order valence-electron chi connectivity index (χ3n) is 1.93. The molecule has 0 amide bonds. The first-order valence-corrected chi connectivity index (χ1v) is 5.67. The van der Waals surface area contributed by atoms with Crippen molar-refractivity contribution in [2.24, 2.45) is 5.41 Å². The van der Waals surface area contributed by atoms with Crippen molar-refractivity contribution in [2.45, 2.75) is 26.0 Å². The van der Waals surface area contributed by atoms with Crippen LogP contribution in [-0.4, -0.2) is 11.1 Å². The fraction of sp³-hybridized carbons (Fsp3) is 0.500. The SMILES string of the molecule is CC(C)(C)C(S)c1ccc(C(=O)O)s1. The molecule has 0 aliphatic rings. The van der Waals surface area contributed by atoms with Gasteiger partial charge in [0.25, 0.3) is 0 Å². The van der Waals surface area contributed by atoms with Gasteiger partial charge in [0.15, 0.2) is 0 Å². The van der Waals surface area contributed by atoms with Crippen LogP contribution in [0.15, 0.2) is 12.1 Å². The minimum absolute atomic E-state index is 0.0454. The lowest BCUT2D eigenvalue weighted by atomic mass is 9.91. The average molecular weight is 230 g/mol. The van der Waals surface area contributed by atoms with Crippen molar-refractivity contribution in [3.05, 3.63) is 21.9 Å². The number of carboxylic acid groups (broad SMARTS) is 1. The summed E-state index contributed by atoms with van der Waals surface area (Å²) < 4.78 is 0. The van der Waals surface area contributed by atoms with Crippen LogP contribution >= 0.6 is 24.0 Å². The lowest BCUT2D eigenvalue weighted by Crippen LogP contribution is -2.11. The minimum Gasteiger partial charge on any atom is -0.477 e. The van der Waals surface area contributed by atoms with Crippen LogP contribution in [0.1, 0.15) is 40.6 Å². The Morgan fingerprint density at radius 2 is 2.07 bits per heavy atom. The van der Waals surface area contributed by atoms with E-state index in [1.165, 1.54) is 11.3 Å². The van der Waals surface area contributed by atoms with Gasteiger partial charge in [-0.05, 0) is 17.5 Å². The summed E-state index contributed by atoms with van der Waals surface area (Å²) in [6.45, 7) is 6.26. The average Bonchev–Trinajstić information content (AvgIpc) is 2.48. The molecule has 1 rings (SSSR count). The summed E-state index contributed by atoms with van der Waals surface area (Å²) in [5.41, 5.74) is 0.0454. The Kier molecular flexibility index (Phi) is 3.27. The minimum atomic E-state index is -0.865. The van der Waals surface area contributed by atoms with Crippen LogP contribution in [0.4, 0.5) is 0 Å². The lowest BCUT2D eigenvalue weighted by Gasteiger charge is -2.25. The smallest absolute Gasteiger partial charge is 0.345 e. The maximum Gasteiger partial charge on any atom is 0.345 e. The first-order chi connectivity index (χ1) is 6.32. The highest BCUT2D eigenvalue weighted by atomic mass is 32.1. The maximum absolute atomic E-state index is 10.7. The van der Waals surface area contributed by atoms with Gasteiger partial charge in [-0.3, -0.25) is 0 Å². The van der Waals surface area contributed by atoms with Crippen molar-refractivity contribution in [1.82, 2.24) is 0 Å². The van der Waals surface area contributed by atoms with Gasteiger partial charge in [-0.25, -0.2) is 4.79 Å². The van der Waals surface area contributed by atoms with Gasteiger partial charge in [0.1, 0.15) is 4.88 Å². The molecule has 0 bridgehead atoms. The number of carboxylic acids is 1. The maximum atomic E-state index is 10.7. The van der Waals surface area contributed by atoms with E-state index in [9.17, 15) is 4.79 Å². The molecule has 1 unspecified atom stereocenters. The first-order valence-electron chi connectivity index (χ1n) is 4.33. The van der Waals surface area contributed by atoms with Gasteiger partial charge in [0.2, 0.25) is 0 Å². The highest BCUT2D eigenvalue weighted by molar-refractivity contribution is 7.80. The Balaban J connectivity index is 2.92. The van der Waals surface area contributed by atoms with Crippen LogP contribution < -0.4 is 0 Å². The summed E-state index contributed by atoms with van der Waals surface area (Å²) in [7, 11) is 0. The molecule has 0 fully saturated rings. The fourth-order valence-corrected chi connectivity index (χ4v) is 2.36. The summed E-state index contributed by atoms with van der Waals surface area (Å²) >= 11 is 5.80. The predicted octanol–water partition coefficient (Wildman–Crippen LogP) is 3.46. The predicted molar refractivity (Wildman–Crippen MR) is 62.5 cm³/mol. The molecule has 0 aromatic carbocycles. The Labute approximate surface area is 93.4 Å². The molecule has 14 heavy (non-hydrogen) atoms. The molecule has 78 valence electrons. The molecule has 4 heteroatoms. The number of thiophene rings is 1. The van der Waals surface area contributed by atoms with Crippen molar-refractivity contribution in [3.8, 4) is 0 Å². The fourth-order valence-electron chi connectivity index (χ4n) is 1.04. The summed E-state index contributed by atoms with van der Waals surface area (Å²) in [6.07, 6.45) is 0. The van der Waals surface area contributed by atoms with E-state index in [1.807, 2.05) is 6.07 Å². The standard InChI is InChI=1S/C10H14O2S2/c1-10(2,3)8(13)6-4-5-7(14-6)9(11)12/h4-5,8,13H,1-3H3,(H,11,12). The van der Waals surface area contributed by atoms with Crippen LogP contribution in [0.5, 0.6) is 0 Å². The number of carbonyl (C=O) groups is 1. The van der Waals surface area contributed by atoms with Gasteiger partial charge in [-0.2, -0.15) is 12.6 Å². The van der Waals surface area contributed by atoms with Crippen LogP contribution in [0.25, 0.3) is 0 Å². The van der Waals surface area contributed by atoms with Crippen LogP contribution in [-0.2, 0) is 0 Å². The zero-order chi connectivity index (χ0) is 10.9. The van der Waals surface area contributed by atoms with Crippen LogP contribution in [0, 0.1) is 5.41 Å². The number of hydrogen-bond donors (Lipinski definition) is 2. The number of thiol groups is 1. The molecule has 1 N–H and O–H groups in total. The van der Waals surface area contributed by atoms with Gasteiger partial charge < -0.3 is 5.11 Å². The molecule has 0 radical (unpaired) electrons. The number of hydrogen-bond acceptors (Lipinski definition) is 3. The Bertz CT molecular complexity index is 336. The van der Waals surface area contributed by atoms with Crippen LogP contribution in [0.3, 0.4) is 0 Å². The highest BCUT2D eigenvalue weighted by Gasteiger charge is 2.24. The van der Waals surface area contributed by atoms with Crippen molar-refractivity contribution in [2.75, 3.05) is 0 Å². The summed E-state index contributed by atoms with van der Waals surface area (Å²) in [6, 6.07) is 3.48. The van der Waals surface area contributed by atoms with Crippen molar-refractivity contribution >= 4 is 29.9 Å². The molecule has 2 nitrogen and oxygen atoms in total. The molecule has 0 aliphatic heterocycles. The third kappa shape index (κ3) is 2.51. The normalized spacial score (nSPS) is 14.0. The number of rotatable bonds is 2. The van der Waals surface area contributed by atoms with E-state index in [4.69, 9.17) is 5.11 Å². The third-order valence-corrected chi connectivity index (χ3v) is 4.29. The quantitative estimate of drug-likeness (QED) is 0.763. The van der Waals surface area contributed by atoms with Crippen molar-refractivity contribution < 1.29 is 9.90 Å². The van der Waals surface area contributed by atoms with E-state index in [-0.39, 0.29) is 10.7 Å². The molecular formula is C10H14O2S2. The van der Waals surface area contributed by atoms with E-state index < -0.39 is 5.97 Å². The molecule has 0 saturated heterocycles. The zero-order valence-corrected chi connectivity index (χ0v) is 10.2. The molecule has 1 heterocycles. The molecule has 1 atom stereocenters. The number of aromatic carboxylic acids is 1. The topological polar surface area (TPSA) is 37.3 Å². The largest absolute Gasteiger partial charge is 0.477 e. The second-order valence-electron chi connectivity index (χ2n) is 4.28. The van der Waals surface area contributed by atoms with E-state index >= 15 is 0 Å². The van der Waals surface area contributed by atoms with Crippen molar-refractivity contribution in [1.29, 1.82) is 0 Å². The molecule has 1 aromatic rings. The Hall–Kier alpha value is -0.480. The van der Waals surface area contributed by atoms with Gasteiger partial charge in [-0.15, -0.1) is 11.3 Å². The Morgan fingerprint density at radius 3 is 2.43 bits per heavy atom. The lowest BCUT2D eigenvalue weighted by molar-refractivity contribution is 0.0702. The van der Waals surface area contributed by atoms with Crippen molar-refractivity contribution in [3.63, 3.8) is 0 Å². The van der Waals surface area contributed by atoms with Gasteiger partial charge >= 0.3 is 5.97 Å². The van der Waals surface area contributed by atoms with Crippen LogP contribution in [0.2, 0.25) is 0 Å².